The SMILES string of the molecule is CCCCCCCNC(=O)c1c[nH]c2ccc(S(=O)(=O)N3CCOCC3)cc2c1=O. The second-order valence-corrected chi connectivity index (χ2v) is 9.36. The molecule has 1 aliphatic heterocycles. The largest absolute Gasteiger partial charge is 0.379 e. The van der Waals surface area contributed by atoms with Crippen LogP contribution in [0.25, 0.3) is 10.9 Å². The Morgan fingerprint density at radius 2 is 1.90 bits per heavy atom. The molecule has 2 aromatic rings. The van der Waals surface area contributed by atoms with Crippen molar-refractivity contribution in [3.05, 3.63) is 40.2 Å². The van der Waals surface area contributed by atoms with Crippen LogP contribution in [0.4, 0.5) is 0 Å². The summed E-state index contributed by atoms with van der Waals surface area (Å²) in [6.45, 7) is 3.89. The first-order chi connectivity index (χ1) is 14.4. The number of rotatable bonds is 9. The van der Waals surface area contributed by atoms with Gasteiger partial charge >= 0.3 is 0 Å². The number of nitrogens with zero attached hydrogens (tertiary/aromatic N) is 1. The van der Waals surface area contributed by atoms with Crippen molar-refractivity contribution in [1.29, 1.82) is 0 Å². The fraction of sp³-hybridized carbons (Fsp3) is 0.524. The number of ether oxygens (including phenoxy) is 1. The lowest BCUT2D eigenvalue weighted by molar-refractivity contribution is 0.0730. The Bertz CT molecular complexity index is 1040. The van der Waals surface area contributed by atoms with Gasteiger partial charge in [0.15, 0.2) is 0 Å². The molecule has 0 aliphatic carbocycles. The summed E-state index contributed by atoms with van der Waals surface area (Å²) in [5, 5.41) is 2.96. The summed E-state index contributed by atoms with van der Waals surface area (Å²) >= 11 is 0. The third-order valence-electron chi connectivity index (χ3n) is 5.27. The van der Waals surface area contributed by atoms with E-state index in [1.54, 1.807) is 6.07 Å². The van der Waals surface area contributed by atoms with Gasteiger partial charge in [-0.25, -0.2) is 8.42 Å². The molecule has 2 N–H and O–H groups in total. The topological polar surface area (TPSA) is 109 Å². The summed E-state index contributed by atoms with van der Waals surface area (Å²) in [5.74, 6) is -0.449. The molecule has 1 aromatic heterocycles. The van der Waals surface area contributed by atoms with Crippen LogP contribution in [0.5, 0.6) is 0 Å². The number of H-pyrrole nitrogens is 1. The number of morpholine rings is 1. The van der Waals surface area contributed by atoms with Crippen LogP contribution in [0.3, 0.4) is 0 Å². The van der Waals surface area contributed by atoms with Crippen LogP contribution in [0, 0.1) is 0 Å². The number of hydrogen-bond acceptors (Lipinski definition) is 5. The zero-order valence-corrected chi connectivity index (χ0v) is 18.1. The van der Waals surface area contributed by atoms with E-state index in [2.05, 4.69) is 17.2 Å². The van der Waals surface area contributed by atoms with Gasteiger partial charge in [0.1, 0.15) is 5.56 Å². The molecule has 8 nitrogen and oxygen atoms in total. The molecule has 1 amide bonds. The monoisotopic (exact) mass is 435 g/mol. The van der Waals surface area contributed by atoms with Crippen molar-refractivity contribution in [2.45, 2.75) is 43.9 Å². The summed E-state index contributed by atoms with van der Waals surface area (Å²) in [4.78, 5) is 28.3. The first-order valence-corrected chi connectivity index (χ1v) is 11.9. The normalized spacial score (nSPS) is 15.4. The molecule has 0 atom stereocenters. The molecular weight excluding hydrogens is 406 g/mol. The highest BCUT2D eigenvalue weighted by Crippen LogP contribution is 2.20. The van der Waals surface area contributed by atoms with E-state index in [1.807, 2.05) is 0 Å². The van der Waals surface area contributed by atoms with Gasteiger partial charge in [0.25, 0.3) is 5.91 Å². The molecule has 0 bridgehead atoms. The number of aromatic nitrogens is 1. The van der Waals surface area contributed by atoms with E-state index in [1.165, 1.54) is 29.1 Å². The van der Waals surface area contributed by atoms with Crippen molar-refractivity contribution in [3.8, 4) is 0 Å². The van der Waals surface area contributed by atoms with Crippen LogP contribution in [0.2, 0.25) is 0 Å². The highest BCUT2D eigenvalue weighted by molar-refractivity contribution is 7.89. The molecule has 1 fully saturated rings. The third-order valence-corrected chi connectivity index (χ3v) is 7.17. The summed E-state index contributed by atoms with van der Waals surface area (Å²) in [6, 6.07) is 4.37. The molecule has 9 heteroatoms. The minimum Gasteiger partial charge on any atom is -0.379 e. The van der Waals surface area contributed by atoms with Gasteiger partial charge in [0, 0.05) is 36.7 Å². The summed E-state index contributed by atoms with van der Waals surface area (Å²) < 4.78 is 32.3. The molecule has 0 saturated carbocycles. The number of nitrogens with one attached hydrogen (secondary N) is 2. The number of sulfonamides is 1. The van der Waals surface area contributed by atoms with Crippen LogP contribution in [0.1, 0.15) is 49.4 Å². The van der Waals surface area contributed by atoms with Crippen LogP contribution >= 0.6 is 0 Å². The lowest BCUT2D eigenvalue weighted by atomic mass is 10.1. The van der Waals surface area contributed by atoms with Gasteiger partial charge in [-0.1, -0.05) is 32.6 Å². The molecule has 1 saturated heterocycles. The number of carbonyl (C=O) groups excluding carboxylic acids is 1. The molecular formula is C21H29N3O5S. The van der Waals surface area contributed by atoms with Gasteiger partial charge in [0.2, 0.25) is 15.5 Å². The number of benzene rings is 1. The third kappa shape index (κ3) is 5.08. The predicted molar refractivity (Wildman–Crippen MR) is 115 cm³/mol. The van der Waals surface area contributed by atoms with Crippen LogP contribution < -0.4 is 10.7 Å². The maximum Gasteiger partial charge on any atom is 0.256 e. The van der Waals surface area contributed by atoms with E-state index in [4.69, 9.17) is 4.74 Å². The number of unbranched alkanes of at least 4 members (excludes halogenated alkanes) is 4. The molecule has 1 aliphatic rings. The van der Waals surface area contributed by atoms with Crippen LogP contribution in [-0.4, -0.2) is 56.5 Å². The Labute approximate surface area is 176 Å². The average Bonchev–Trinajstić information content (AvgIpc) is 2.76. The Kier molecular flexibility index (Phi) is 7.63. The van der Waals surface area contributed by atoms with Crippen LogP contribution in [-0.2, 0) is 14.8 Å². The van der Waals surface area contributed by atoms with E-state index in [9.17, 15) is 18.0 Å². The second-order valence-electron chi connectivity index (χ2n) is 7.43. The van der Waals surface area contributed by atoms with Gasteiger partial charge in [0.05, 0.1) is 18.1 Å². The molecule has 0 spiro atoms. The van der Waals surface area contributed by atoms with Crippen molar-refractivity contribution >= 4 is 26.8 Å². The quantitative estimate of drug-likeness (QED) is 0.587. The summed E-state index contributed by atoms with van der Waals surface area (Å²) in [7, 11) is -3.73. The van der Waals surface area contributed by atoms with Gasteiger partial charge < -0.3 is 15.0 Å². The van der Waals surface area contributed by atoms with Crippen molar-refractivity contribution in [3.63, 3.8) is 0 Å². The molecule has 2 heterocycles. The zero-order chi connectivity index (χ0) is 21.6. The molecule has 3 rings (SSSR count). The van der Waals surface area contributed by atoms with Crippen molar-refractivity contribution < 1.29 is 17.9 Å². The maximum atomic E-state index is 12.9. The zero-order valence-electron chi connectivity index (χ0n) is 17.3. The van der Waals surface area contributed by atoms with Crippen molar-refractivity contribution in [2.75, 3.05) is 32.8 Å². The lowest BCUT2D eigenvalue weighted by Crippen LogP contribution is -2.40. The standard InChI is InChI=1S/C21H29N3O5S/c1-2-3-4-5-6-9-22-21(26)18-15-23-19-8-7-16(14-17(19)20(18)25)30(27,28)24-10-12-29-13-11-24/h7-8,14-15H,2-6,9-13H2,1H3,(H,22,26)(H,23,25). The Morgan fingerprint density at radius 3 is 2.63 bits per heavy atom. The summed E-state index contributed by atoms with van der Waals surface area (Å²) in [5.41, 5.74) is -0.0136. The fourth-order valence-corrected chi connectivity index (χ4v) is 4.92. The Morgan fingerprint density at radius 1 is 1.17 bits per heavy atom. The first-order valence-electron chi connectivity index (χ1n) is 10.5. The first kappa shape index (κ1) is 22.5. The van der Waals surface area contributed by atoms with Gasteiger partial charge in [-0.2, -0.15) is 4.31 Å². The molecule has 1 aromatic carbocycles. The van der Waals surface area contributed by atoms with Crippen molar-refractivity contribution in [2.24, 2.45) is 0 Å². The Balaban J connectivity index is 1.79. The van der Waals surface area contributed by atoms with Gasteiger partial charge in [-0.3, -0.25) is 9.59 Å². The van der Waals surface area contributed by atoms with Crippen LogP contribution in [0.15, 0.2) is 34.1 Å². The maximum absolute atomic E-state index is 12.9. The molecule has 164 valence electrons. The second kappa shape index (κ2) is 10.2. The van der Waals surface area contributed by atoms with E-state index in [0.29, 0.717) is 25.3 Å². The minimum atomic E-state index is -3.73. The van der Waals surface area contributed by atoms with E-state index >= 15 is 0 Å². The lowest BCUT2D eigenvalue weighted by Gasteiger charge is -2.26. The predicted octanol–water partition coefficient (Wildman–Crippen LogP) is 2.25. The Hall–Kier alpha value is -2.23. The minimum absolute atomic E-state index is 0.0167. The summed E-state index contributed by atoms with van der Waals surface area (Å²) in [6.07, 6.45) is 6.73. The number of hydrogen-bond donors (Lipinski definition) is 2. The number of fused-ring (bicyclic) bond motifs is 1. The van der Waals surface area contributed by atoms with E-state index in [-0.39, 0.29) is 28.9 Å². The molecule has 30 heavy (non-hydrogen) atoms. The van der Waals surface area contributed by atoms with E-state index < -0.39 is 21.4 Å². The number of aromatic amines is 1. The fourth-order valence-electron chi connectivity index (χ4n) is 3.49. The van der Waals surface area contributed by atoms with E-state index in [0.717, 1.165) is 25.7 Å². The smallest absolute Gasteiger partial charge is 0.256 e. The number of pyridine rings is 1. The van der Waals surface area contributed by atoms with Crippen molar-refractivity contribution in [1.82, 2.24) is 14.6 Å². The number of amides is 1. The highest BCUT2D eigenvalue weighted by atomic mass is 32.2. The number of carbonyl (C=O) groups is 1. The highest BCUT2D eigenvalue weighted by Gasteiger charge is 2.27. The molecule has 0 radical (unpaired) electrons. The van der Waals surface area contributed by atoms with Gasteiger partial charge in [-0.15, -0.1) is 0 Å². The van der Waals surface area contributed by atoms with Gasteiger partial charge in [-0.05, 0) is 24.6 Å². The molecule has 0 unspecified atom stereocenters. The average molecular weight is 436 g/mol.